The zero-order valence-electron chi connectivity index (χ0n) is 11.2. The Labute approximate surface area is 121 Å². The molecule has 1 aromatic heterocycles. The SMILES string of the molecule is O=C(NC1C=CC(C(=O)O)C1)c1nccc2ccccc12. The molecule has 21 heavy (non-hydrogen) atoms. The van der Waals surface area contributed by atoms with Crippen molar-refractivity contribution in [3.63, 3.8) is 0 Å². The number of aromatic nitrogens is 1. The number of carboxylic acid groups (broad SMARTS) is 1. The Morgan fingerprint density at radius 3 is 2.76 bits per heavy atom. The number of aliphatic carboxylic acids is 1. The average Bonchev–Trinajstić information content (AvgIpc) is 2.95. The average molecular weight is 282 g/mol. The van der Waals surface area contributed by atoms with E-state index in [0.29, 0.717) is 12.1 Å². The molecule has 2 N–H and O–H groups in total. The number of rotatable bonds is 3. The molecule has 0 saturated carbocycles. The number of nitrogens with zero attached hydrogens (tertiary/aromatic N) is 1. The fraction of sp³-hybridized carbons (Fsp3) is 0.188. The summed E-state index contributed by atoms with van der Waals surface area (Å²) in [5, 5.41) is 13.5. The summed E-state index contributed by atoms with van der Waals surface area (Å²) in [5.41, 5.74) is 0.361. The van der Waals surface area contributed by atoms with Crippen molar-refractivity contribution >= 4 is 22.6 Å². The van der Waals surface area contributed by atoms with Gasteiger partial charge >= 0.3 is 5.97 Å². The Morgan fingerprint density at radius 2 is 2.00 bits per heavy atom. The van der Waals surface area contributed by atoms with Gasteiger partial charge in [-0.05, 0) is 17.9 Å². The number of hydrogen-bond donors (Lipinski definition) is 2. The minimum absolute atomic E-state index is 0.264. The quantitative estimate of drug-likeness (QED) is 0.844. The van der Waals surface area contributed by atoms with E-state index in [1.54, 1.807) is 18.3 Å². The van der Waals surface area contributed by atoms with Crippen LogP contribution in [0.3, 0.4) is 0 Å². The summed E-state index contributed by atoms with van der Waals surface area (Å²) in [6, 6.07) is 9.12. The normalized spacial score (nSPS) is 20.6. The molecule has 0 spiro atoms. The molecule has 1 amide bonds. The van der Waals surface area contributed by atoms with Gasteiger partial charge in [0.1, 0.15) is 5.69 Å². The molecule has 0 saturated heterocycles. The lowest BCUT2D eigenvalue weighted by Crippen LogP contribution is -2.33. The van der Waals surface area contributed by atoms with Crippen LogP contribution >= 0.6 is 0 Å². The predicted octanol–water partition coefficient (Wildman–Crippen LogP) is 1.99. The monoisotopic (exact) mass is 282 g/mol. The molecule has 0 radical (unpaired) electrons. The molecule has 0 fully saturated rings. The minimum atomic E-state index is -0.869. The summed E-state index contributed by atoms with van der Waals surface area (Å²) in [6.45, 7) is 0. The van der Waals surface area contributed by atoms with E-state index in [1.807, 2.05) is 30.3 Å². The summed E-state index contributed by atoms with van der Waals surface area (Å²) in [6.07, 6.45) is 5.32. The van der Waals surface area contributed by atoms with E-state index in [2.05, 4.69) is 10.3 Å². The topological polar surface area (TPSA) is 79.3 Å². The van der Waals surface area contributed by atoms with E-state index in [9.17, 15) is 9.59 Å². The van der Waals surface area contributed by atoms with Crippen molar-refractivity contribution in [3.05, 3.63) is 54.4 Å². The Bertz CT molecular complexity index is 734. The van der Waals surface area contributed by atoms with Gasteiger partial charge in [0, 0.05) is 17.6 Å². The van der Waals surface area contributed by atoms with Gasteiger partial charge in [-0.15, -0.1) is 0 Å². The highest BCUT2D eigenvalue weighted by atomic mass is 16.4. The molecular weight excluding hydrogens is 268 g/mol. The van der Waals surface area contributed by atoms with Crippen molar-refractivity contribution in [2.75, 3.05) is 0 Å². The third kappa shape index (κ3) is 2.63. The van der Waals surface area contributed by atoms with Gasteiger partial charge in [-0.1, -0.05) is 36.4 Å². The van der Waals surface area contributed by atoms with Gasteiger partial charge in [0.25, 0.3) is 5.91 Å². The number of hydrogen-bond acceptors (Lipinski definition) is 3. The van der Waals surface area contributed by atoms with E-state index >= 15 is 0 Å². The highest BCUT2D eigenvalue weighted by Gasteiger charge is 2.26. The molecular formula is C16H14N2O3. The third-order valence-corrected chi connectivity index (χ3v) is 3.61. The summed E-state index contributed by atoms with van der Waals surface area (Å²) in [4.78, 5) is 27.4. The summed E-state index contributed by atoms with van der Waals surface area (Å²) < 4.78 is 0. The van der Waals surface area contributed by atoms with Crippen LogP contribution in [-0.2, 0) is 4.79 Å². The molecule has 1 aliphatic carbocycles. The lowest BCUT2D eigenvalue weighted by Gasteiger charge is -2.12. The van der Waals surface area contributed by atoms with Crippen LogP contribution in [0, 0.1) is 5.92 Å². The Hall–Kier alpha value is -2.69. The van der Waals surface area contributed by atoms with Gasteiger partial charge in [-0.2, -0.15) is 0 Å². The Morgan fingerprint density at radius 1 is 1.19 bits per heavy atom. The second-order valence-corrected chi connectivity index (χ2v) is 5.03. The van der Waals surface area contributed by atoms with E-state index in [1.165, 1.54) is 0 Å². The number of nitrogens with one attached hydrogen (secondary N) is 1. The number of carbonyl (C=O) groups excluding carboxylic acids is 1. The molecule has 2 atom stereocenters. The molecule has 5 nitrogen and oxygen atoms in total. The standard InChI is InChI=1S/C16H14N2O3/c19-15(18-12-6-5-11(9-12)16(20)21)14-13-4-2-1-3-10(13)7-8-17-14/h1-8,11-12H,9H2,(H,18,19)(H,20,21). The molecule has 0 aliphatic heterocycles. The van der Waals surface area contributed by atoms with Crippen molar-refractivity contribution in [1.82, 2.24) is 10.3 Å². The first kappa shape index (κ1) is 13.3. The van der Waals surface area contributed by atoms with Crippen LogP contribution in [-0.4, -0.2) is 28.0 Å². The third-order valence-electron chi connectivity index (χ3n) is 3.61. The number of carboxylic acids is 1. The predicted molar refractivity (Wildman–Crippen MR) is 77.9 cm³/mol. The summed E-state index contributed by atoms with van der Waals surface area (Å²) in [5.74, 6) is -1.69. The second kappa shape index (κ2) is 5.36. The van der Waals surface area contributed by atoms with Crippen molar-refractivity contribution < 1.29 is 14.7 Å². The first-order chi connectivity index (χ1) is 10.1. The maximum absolute atomic E-state index is 12.3. The van der Waals surface area contributed by atoms with Gasteiger partial charge in [0.2, 0.25) is 0 Å². The fourth-order valence-corrected chi connectivity index (χ4v) is 2.53. The van der Waals surface area contributed by atoms with Crippen LogP contribution in [0.4, 0.5) is 0 Å². The zero-order valence-corrected chi connectivity index (χ0v) is 11.2. The smallest absolute Gasteiger partial charge is 0.310 e. The molecule has 2 aromatic rings. The van der Waals surface area contributed by atoms with E-state index in [-0.39, 0.29) is 11.9 Å². The van der Waals surface area contributed by atoms with Gasteiger partial charge in [-0.3, -0.25) is 14.6 Å². The van der Waals surface area contributed by atoms with E-state index in [4.69, 9.17) is 5.11 Å². The number of benzene rings is 1. The highest BCUT2D eigenvalue weighted by Crippen LogP contribution is 2.20. The van der Waals surface area contributed by atoms with Crippen LogP contribution < -0.4 is 5.32 Å². The lowest BCUT2D eigenvalue weighted by atomic mass is 10.1. The number of fused-ring (bicyclic) bond motifs is 1. The zero-order chi connectivity index (χ0) is 14.8. The van der Waals surface area contributed by atoms with Gasteiger partial charge < -0.3 is 10.4 Å². The largest absolute Gasteiger partial charge is 0.481 e. The van der Waals surface area contributed by atoms with Gasteiger partial charge in [-0.25, -0.2) is 0 Å². The fourth-order valence-electron chi connectivity index (χ4n) is 2.53. The van der Waals surface area contributed by atoms with Crippen LogP contribution in [0.2, 0.25) is 0 Å². The van der Waals surface area contributed by atoms with Gasteiger partial charge in [0.15, 0.2) is 0 Å². The molecule has 106 valence electrons. The minimum Gasteiger partial charge on any atom is -0.481 e. The number of carbonyl (C=O) groups is 2. The second-order valence-electron chi connectivity index (χ2n) is 5.03. The van der Waals surface area contributed by atoms with Crippen molar-refractivity contribution in [3.8, 4) is 0 Å². The summed E-state index contributed by atoms with van der Waals surface area (Å²) >= 11 is 0. The summed E-state index contributed by atoms with van der Waals surface area (Å²) in [7, 11) is 0. The van der Waals surface area contributed by atoms with E-state index < -0.39 is 11.9 Å². The molecule has 0 bridgehead atoms. The number of pyridine rings is 1. The van der Waals surface area contributed by atoms with Crippen LogP contribution in [0.5, 0.6) is 0 Å². The van der Waals surface area contributed by atoms with Gasteiger partial charge in [0.05, 0.1) is 5.92 Å². The molecule has 5 heteroatoms. The Balaban J connectivity index is 1.80. The van der Waals surface area contributed by atoms with Crippen molar-refractivity contribution in [2.45, 2.75) is 12.5 Å². The first-order valence-corrected chi connectivity index (χ1v) is 6.71. The van der Waals surface area contributed by atoms with E-state index in [0.717, 1.165) is 10.8 Å². The maximum Gasteiger partial charge on any atom is 0.310 e. The highest BCUT2D eigenvalue weighted by molar-refractivity contribution is 6.05. The van der Waals surface area contributed by atoms with Crippen LogP contribution in [0.25, 0.3) is 10.8 Å². The lowest BCUT2D eigenvalue weighted by molar-refractivity contribution is -0.140. The first-order valence-electron chi connectivity index (χ1n) is 6.71. The van der Waals surface area contributed by atoms with Crippen LogP contribution in [0.1, 0.15) is 16.9 Å². The van der Waals surface area contributed by atoms with Crippen molar-refractivity contribution in [2.24, 2.45) is 5.92 Å². The number of amides is 1. The van der Waals surface area contributed by atoms with Crippen LogP contribution in [0.15, 0.2) is 48.7 Å². The maximum atomic E-state index is 12.3. The molecule has 1 aromatic carbocycles. The van der Waals surface area contributed by atoms with Crippen molar-refractivity contribution in [1.29, 1.82) is 0 Å². The Kier molecular flexibility index (Phi) is 3.39. The molecule has 3 rings (SSSR count). The molecule has 1 heterocycles. The molecule has 1 aliphatic rings. The molecule has 2 unspecified atom stereocenters.